The molecule has 0 amide bonds. The Balaban J connectivity index is 0.00000144. The number of imidazole rings is 1. The molecule has 0 fully saturated rings. The molecule has 1 heterocycles. The first kappa shape index (κ1) is 11.9. The van der Waals surface area contributed by atoms with Gasteiger partial charge in [0.2, 0.25) is 0 Å². The Labute approximate surface area is 81.8 Å². The van der Waals surface area contributed by atoms with Crippen molar-refractivity contribution in [1.82, 2.24) is 9.97 Å². The van der Waals surface area contributed by atoms with E-state index in [1.165, 1.54) is 6.92 Å². The van der Waals surface area contributed by atoms with E-state index < -0.39 is 11.5 Å². The van der Waals surface area contributed by atoms with Gasteiger partial charge in [-0.1, -0.05) is 0 Å². The van der Waals surface area contributed by atoms with Crippen molar-refractivity contribution >= 4 is 18.4 Å². The Hall–Kier alpha value is -1.07. The summed E-state index contributed by atoms with van der Waals surface area (Å²) in [5.74, 6) is -0.443. The van der Waals surface area contributed by atoms with Crippen LogP contribution in [0.5, 0.6) is 0 Å². The lowest BCUT2D eigenvalue weighted by Crippen LogP contribution is -2.47. The molecule has 0 aliphatic rings. The predicted octanol–water partition coefficient (Wildman–Crippen LogP) is 0.176. The molecule has 6 heteroatoms. The van der Waals surface area contributed by atoms with E-state index in [4.69, 9.17) is 10.8 Å². The van der Waals surface area contributed by atoms with E-state index in [-0.39, 0.29) is 18.8 Å². The number of aliphatic carboxylic acids is 1. The third-order valence-electron chi connectivity index (χ3n) is 1.58. The first-order valence-corrected chi connectivity index (χ1v) is 3.53. The minimum atomic E-state index is -1.25. The number of nitrogens with two attached hydrogens (primary N) is 1. The normalized spacial score (nSPS) is 14.3. The molecule has 0 saturated heterocycles. The van der Waals surface area contributed by atoms with Crippen LogP contribution in [0.4, 0.5) is 0 Å². The van der Waals surface area contributed by atoms with Crippen molar-refractivity contribution in [1.29, 1.82) is 0 Å². The molecule has 0 radical (unpaired) electrons. The molecule has 1 rings (SSSR count). The lowest BCUT2D eigenvalue weighted by atomic mass is 10.00. The summed E-state index contributed by atoms with van der Waals surface area (Å²) in [6.45, 7) is 1.46. The van der Waals surface area contributed by atoms with Crippen molar-refractivity contribution in [2.45, 2.75) is 18.9 Å². The van der Waals surface area contributed by atoms with E-state index >= 15 is 0 Å². The van der Waals surface area contributed by atoms with Crippen LogP contribution in [0.1, 0.15) is 12.7 Å². The molecule has 1 unspecified atom stereocenters. The Bertz CT molecular complexity index is 271. The minimum Gasteiger partial charge on any atom is -0.480 e. The Kier molecular flexibility index (Phi) is 3.90. The number of halogens is 1. The molecule has 1 aromatic heterocycles. The highest BCUT2D eigenvalue weighted by molar-refractivity contribution is 5.85. The number of aromatic amines is 1. The van der Waals surface area contributed by atoms with Crippen LogP contribution in [0.15, 0.2) is 12.4 Å². The smallest absolute Gasteiger partial charge is 0.323 e. The van der Waals surface area contributed by atoms with Crippen LogP contribution < -0.4 is 5.73 Å². The van der Waals surface area contributed by atoms with E-state index in [2.05, 4.69) is 9.97 Å². The second-order valence-electron chi connectivity index (χ2n) is 2.94. The van der Waals surface area contributed by atoms with Crippen molar-refractivity contribution < 1.29 is 9.90 Å². The lowest BCUT2D eigenvalue weighted by Gasteiger charge is -2.16. The van der Waals surface area contributed by atoms with Gasteiger partial charge in [-0.25, -0.2) is 4.98 Å². The largest absolute Gasteiger partial charge is 0.480 e. The number of H-pyrrole nitrogens is 1. The molecule has 1 atom stereocenters. The van der Waals surface area contributed by atoms with Gasteiger partial charge in [0.15, 0.2) is 0 Å². The van der Waals surface area contributed by atoms with Crippen molar-refractivity contribution in [2.75, 3.05) is 0 Å². The van der Waals surface area contributed by atoms with Crippen molar-refractivity contribution in [3.05, 3.63) is 18.2 Å². The third kappa shape index (κ3) is 3.04. The number of aromatic nitrogens is 2. The molecule has 13 heavy (non-hydrogen) atoms. The monoisotopic (exact) mass is 205 g/mol. The molecule has 0 aliphatic heterocycles. The Morgan fingerprint density at radius 2 is 2.46 bits per heavy atom. The zero-order valence-corrected chi connectivity index (χ0v) is 7.97. The minimum absolute atomic E-state index is 0. The molecule has 0 saturated carbocycles. The molecule has 0 aliphatic carbocycles. The summed E-state index contributed by atoms with van der Waals surface area (Å²) in [6, 6.07) is 0. The van der Waals surface area contributed by atoms with Crippen LogP contribution in [0.3, 0.4) is 0 Å². The van der Waals surface area contributed by atoms with E-state index in [9.17, 15) is 4.79 Å². The van der Waals surface area contributed by atoms with Gasteiger partial charge in [0.05, 0.1) is 0 Å². The van der Waals surface area contributed by atoms with Gasteiger partial charge < -0.3 is 15.8 Å². The van der Waals surface area contributed by atoms with Gasteiger partial charge in [-0.05, 0) is 6.92 Å². The van der Waals surface area contributed by atoms with Gasteiger partial charge in [0.25, 0.3) is 0 Å². The summed E-state index contributed by atoms with van der Waals surface area (Å²) >= 11 is 0. The number of nitrogens with one attached hydrogen (secondary N) is 1. The lowest BCUT2D eigenvalue weighted by molar-refractivity contribution is -0.142. The number of hydrogen-bond acceptors (Lipinski definition) is 3. The van der Waals surface area contributed by atoms with E-state index in [0.29, 0.717) is 5.82 Å². The molecule has 1 aromatic rings. The third-order valence-corrected chi connectivity index (χ3v) is 1.58. The standard InChI is InChI=1S/C7H11N3O2.ClH/c1-7(8,6(11)12)4-5-9-2-3-10-5;/h2-3H,4,8H2,1H3,(H,9,10)(H,11,12);1H. The second-order valence-corrected chi connectivity index (χ2v) is 2.94. The number of rotatable bonds is 3. The van der Waals surface area contributed by atoms with Crippen molar-refractivity contribution in [3.63, 3.8) is 0 Å². The van der Waals surface area contributed by atoms with Gasteiger partial charge in [0, 0.05) is 18.8 Å². The maximum absolute atomic E-state index is 10.6. The molecule has 0 bridgehead atoms. The van der Waals surface area contributed by atoms with Crippen LogP contribution in [-0.2, 0) is 11.2 Å². The number of carboxylic acid groups (broad SMARTS) is 1. The average molecular weight is 206 g/mol. The van der Waals surface area contributed by atoms with Gasteiger partial charge in [-0.2, -0.15) is 0 Å². The van der Waals surface area contributed by atoms with E-state index in [1.807, 2.05) is 0 Å². The molecular weight excluding hydrogens is 194 g/mol. The highest BCUT2D eigenvalue weighted by atomic mass is 35.5. The van der Waals surface area contributed by atoms with Gasteiger partial charge in [-0.15, -0.1) is 12.4 Å². The molecule has 0 spiro atoms. The zero-order chi connectivity index (χ0) is 9.19. The molecule has 74 valence electrons. The summed E-state index contributed by atoms with van der Waals surface area (Å²) in [4.78, 5) is 17.3. The first-order chi connectivity index (χ1) is 5.52. The van der Waals surface area contributed by atoms with Crippen molar-refractivity contribution in [2.24, 2.45) is 5.73 Å². The van der Waals surface area contributed by atoms with E-state index in [0.717, 1.165) is 0 Å². The highest BCUT2D eigenvalue weighted by Gasteiger charge is 2.28. The maximum atomic E-state index is 10.6. The van der Waals surface area contributed by atoms with E-state index in [1.54, 1.807) is 12.4 Å². The fourth-order valence-electron chi connectivity index (χ4n) is 0.818. The molecule has 4 N–H and O–H groups in total. The quantitative estimate of drug-likeness (QED) is 0.656. The second kappa shape index (κ2) is 4.25. The molecule has 0 aromatic carbocycles. The molecular formula is C7H12ClN3O2. The Morgan fingerprint density at radius 3 is 2.85 bits per heavy atom. The number of hydrogen-bond donors (Lipinski definition) is 3. The zero-order valence-electron chi connectivity index (χ0n) is 7.15. The maximum Gasteiger partial charge on any atom is 0.323 e. The van der Waals surface area contributed by atoms with Gasteiger partial charge in [-0.3, -0.25) is 4.79 Å². The number of carbonyl (C=O) groups is 1. The number of nitrogens with zero attached hydrogens (tertiary/aromatic N) is 1. The van der Waals surface area contributed by atoms with Crippen molar-refractivity contribution in [3.8, 4) is 0 Å². The topological polar surface area (TPSA) is 92.0 Å². The van der Waals surface area contributed by atoms with Crippen LogP contribution in [0.2, 0.25) is 0 Å². The van der Waals surface area contributed by atoms with Crippen LogP contribution in [0, 0.1) is 0 Å². The Morgan fingerprint density at radius 1 is 1.85 bits per heavy atom. The summed E-state index contributed by atoms with van der Waals surface area (Å²) in [6.07, 6.45) is 3.40. The summed E-state index contributed by atoms with van der Waals surface area (Å²) in [7, 11) is 0. The summed E-state index contributed by atoms with van der Waals surface area (Å²) in [5, 5.41) is 8.67. The van der Waals surface area contributed by atoms with Gasteiger partial charge >= 0.3 is 5.97 Å². The van der Waals surface area contributed by atoms with Crippen LogP contribution >= 0.6 is 12.4 Å². The summed E-state index contributed by atoms with van der Waals surface area (Å²) < 4.78 is 0. The molecule has 5 nitrogen and oxygen atoms in total. The fourth-order valence-corrected chi connectivity index (χ4v) is 0.818. The van der Waals surface area contributed by atoms with Crippen LogP contribution in [0.25, 0.3) is 0 Å². The van der Waals surface area contributed by atoms with Gasteiger partial charge in [0.1, 0.15) is 11.4 Å². The van der Waals surface area contributed by atoms with Crippen LogP contribution in [-0.4, -0.2) is 26.6 Å². The number of carboxylic acids is 1. The fraction of sp³-hybridized carbons (Fsp3) is 0.429. The summed E-state index contributed by atoms with van der Waals surface area (Å²) in [5.41, 5.74) is 4.24. The first-order valence-electron chi connectivity index (χ1n) is 3.53. The predicted molar refractivity (Wildman–Crippen MR) is 49.8 cm³/mol. The highest BCUT2D eigenvalue weighted by Crippen LogP contribution is 2.06. The average Bonchev–Trinajstić information content (AvgIpc) is 2.38. The SMILES string of the molecule is CC(N)(Cc1ncc[nH]1)C(=O)O.Cl.